The molecule has 1 unspecified atom stereocenters. The van der Waals surface area contributed by atoms with Gasteiger partial charge in [0.1, 0.15) is 5.76 Å². The number of aliphatic imine (C=N–C) groups is 1. The van der Waals surface area contributed by atoms with Gasteiger partial charge in [0.25, 0.3) is 0 Å². The first-order valence-corrected chi connectivity index (χ1v) is 10.8. The Bertz CT molecular complexity index is 751. The lowest BCUT2D eigenvalue weighted by Gasteiger charge is -2.24. The highest BCUT2D eigenvalue weighted by atomic mass is 127. The number of halogens is 1. The molecule has 29 heavy (non-hydrogen) atoms. The van der Waals surface area contributed by atoms with Gasteiger partial charge in [0.05, 0.1) is 12.5 Å². The van der Waals surface area contributed by atoms with E-state index in [2.05, 4.69) is 21.5 Å². The Morgan fingerprint density at radius 3 is 2.86 bits per heavy atom. The summed E-state index contributed by atoms with van der Waals surface area (Å²) in [6.45, 7) is 3.88. The number of hydrogen-bond donors (Lipinski definition) is 1. The Morgan fingerprint density at radius 1 is 1.28 bits per heavy atom. The molecule has 1 saturated heterocycles. The second-order valence-corrected chi connectivity index (χ2v) is 8.30. The maximum atomic E-state index is 5.47. The lowest BCUT2D eigenvalue weighted by Crippen LogP contribution is -2.41. The Morgan fingerprint density at radius 2 is 2.14 bits per heavy atom. The summed E-state index contributed by atoms with van der Waals surface area (Å²) in [4.78, 5) is 7.49. The molecular formula is C22H34IN5O. The highest BCUT2D eigenvalue weighted by Crippen LogP contribution is 2.27. The van der Waals surface area contributed by atoms with Gasteiger partial charge in [-0.15, -0.1) is 24.0 Å². The van der Waals surface area contributed by atoms with E-state index >= 15 is 0 Å². The Labute approximate surface area is 191 Å². The van der Waals surface area contributed by atoms with Crippen LogP contribution in [0.15, 0.2) is 40.2 Å². The van der Waals surface area contributed by atoms with Gasteiger partial charge < -0.3 is 14.6 Å². The molecule has 2 aliphatic rings. The van der Waals surface area contributed by atoms with Crippen LogP contribution in [0.4, 0.5) is 0 Å². The third-order valence-corrected chi connectivity index (χ3v) is 6.14. The van der Waals surface area contributed by atoms with E-state index in [1.807, 2.05) is 30.1 Å². The highest BCUT2D eigenvalue weighted by Gasteiger charge is 2.27. The summed E-state index contributed by atoms with van der Waals surface area (Å²) in [5.74, 6) is 3.39. The van der Waals surface area contributed by atoms with Gasteiger partial charge in [-0.1, -0.05) is 19.3 Å². The molecule has 1 N–H and O–H groups in total. The molecule has 3 heterocycles. The van der Waals surface area contributed by atoms with Gasteiger partial charge in [-0.25, -0.2) is 0 Å². The summed E-state index contributed by atoms with van der Waals surface area (Å²) >= 11 is 0. The zero-order valence-corrected chi connectivity index (χ0v) is 19.8. The van der Waals surface area contributed by atoms with E-state index in [0.29, 0.717) is 5.92 Å². The van der Waals surface area contributed by atoms with Crippen molar-refractivity contribution in [3.05, 3.63) is 42.1 Å². The third-order valence-electron chi connectivity index (χ3n) is 6.14. The number of nitrogens with one attached hydrogen (secondary N) is 1. The zero-order valence-electron chi connectivity index (χ0n) is 17.4. The Kier molecular flexibility index (Phi) is 8.44. The van der Waals surface area contributed by atoms with Crippen LogP contribution in [0.2, 0.25) is 0 Å². The first-order valence-electron chi connectivity index (χ1n) is 10.8. The van der Waals surface area contributed by atoms with Gasteiger partial charge in [-0.2, -0.15) is 5.10 Å². The molecule has 1 aliphatic carbocycles. The quantitative estimate of drug-likeness (QED) is 0.359. The summed E-state index contributed by atoms with van der Waals surface area (Å²) in [6, 6.07) is 3.99. The highest BCUT2D eigenvalue weighted by molar-refractivity contribution is 14.0. The molecule has 1 aliphatic heterocycles. The fraction of sp³-hybridized carbons (Fsp3) is 0.636. The van der Waals surface area contributed by atoms with Crippen molar-refractivity contribution < 1.29 is 4.42 Å². The van der Waals surface area contributed by atoms with Crippen molar-refractivity contribution in [1.29, 1.82) is 0 Å². The van der Waals surface area contributed by atoms with E-state index in [1.54, 1.807) is 6.26 Å². The normalized spacial score (nSPS) is 20.7. The molecule has 1 atom stereocenters. The second kappa shape index (κ2) is 11.0. The predicted octanol–water partition coefficient (Wildman–Crippen LogP) is 4.19. The van der Waals surface area contributed by atoms with E-state index in [4.69, 9.17) is 9.41 Å². The topological polar surface area (TPSA) is 58.6 Å². The van der Waals surface area contributed by atoms with Crippen molar-refractivity contribution in [2.45, 2.75) is 50.9 Å². The van der Waals surface area contributed by atoms with Crippen LogP contribution in [-0.4, -0.2) is 46.8 Å². The Balaban J connectivity index is 0.00000240. The molecule has 0 radical (unpaired) electrons. The monoisotopic (exact) mass is 511 g/mol. The number of hydrogen-bond acceptors (Lipinski definition) is 3. The molecule has 2 fully saturated rings. The minimum absolute atomic E-state index is 0. The van der Waals surface area contributed by atoms with Gasteiger partial charge in [0.15, 0.2) is 5.96 Å². The molecule has 0 bridgehead atoms. The molecule has 0 amide bonds. The molecule has 7 heteroatoms. The molecule has 2 aromatic heterocycles. The van der Waals surface area contributed by atoms with Gasteiger partial charge >= 0.3 is 0 Å². The lowest BCUT2D eigenvalue weighted by molar-refractivity contribution is 0.364. The number of guanidine groups is 1. The SMILES string of the molecule is Cn1cc(C2CCN(C(=NCC3CCCCC3)NCCc3ccco3)C2)cn1.I. The van der Waals surface area contributed by atoms with Crippen molar-refractivity contribution in [1.82, 2.24) is 20.0 Å². The van der Waals surface area contributed by atoms with E-state index in [1.165, 1.54) is 37.7 Å². The molecule has 6 nitrogen and oxygen atoms in total. The molecule has 0 aromatic carbocycles. The molecular weight excluding hydrogens is 477 g/mol. The lowest BCUT2D eigenvalue weighted by atomic mass is 9.89. The molecule has 4 rings (SSSR count). The molecule has 0 spiro atoms. The molecule has 2 aromatic rings. The summed E-state index contributed by atoms with van der Waals surface area (Å²) < 4.78 is 7.37. The average Bonchev–Trinajstić information content (AvgIpc) is 3.47. The smallest absolute Gasteiger partial charge is 0.193 e. The van der Waals surface area contributed by atoms with Crippen LogP contribution in [-0.2, 0) is 13.5 Å². The maximum Gasteiger partial charge on any atom is 0.193 e. The van der Waals surface area contributed by atoms with Crippen LogP contribution in [0.3, 0.4) is 0 Å². The van der Waals surface area contributed by atoms with Crippen molar-refractivity contribution >= 4 is 29.9 Å². The van der Waals surface area contributed by atoms with Gasteiger partial charge in [0, 0.05) is 51.8 Å². The van der Waals surface area contributed by atoms with E-state index in [0.717, 1.165) is 56.7 Å². The van der Waals surface area contributed by atoms with Gasteiger partial charge in [-0.05, 0) is 42.9 Å². The minimum Gasteiger partial charge on any atom is -0.469 e. The van der Waals surface area contributed by atoms with Gasteiger partial charge in [-0.3, -0.25) is 9.67 Å². The standard InChI is InChI=1S/C22H33N5O.HI/c1-26-16-20(15-25-26)19-10-12-27(17-19)22(23-11-9-21-8-5-13-28-21)24-14-18-6-3-2-4-7-18;/h5,8,13,15-16,18-19H,2-4,6-7,9-12,14,17H2,1H3,(H,23,24);1H. The van der Waals surface area contributed by atoms with E-state index in [9.17, 15) is 0 Å². The second-order valence-electron chi connectivity index (χ2n) is 8.30. The van der Waals surface area contributed by atoms with E-state index < -0.39 is 0 Å². The number of furan rings is 1. The largest absolute Gasteiger partial charge is 0.469 e. The van der Waals surface area contributed by atoms with Crippen molar-refractivity contribution in [2.75, 3.05) is 26.2 Å². The van der Waals surface area contributed by atoms with Crippen LogP contribution in [0.1, 0.15) is 55.8 Å². The summed E-state index contributed by atoms with van der Waals surface area (Å²) in [6.07, 6.45) is 14.8. The van der Waals surface area contributed by atoms with Crippen LogP contribution in [0.5, 0.6) is 0 Å². The number of nitrogens with zero attached hydrogens (tertiary/aromatic N) is 4. The Hall–Kier alpha value is -1.51. The van der Waals surface area contributed by atoms with Crippen LogP contribution in [0, 0.1) is 5.92 Å². The number of rotatable bonds is 6. The molecule has 1 saturated carbocycles. The molecule has 160 valence electrons. The van der Waals surface area contributed by atoms with Crippen molar-refractivity contribution in [3.63, 3.8) is 0 Å². The minimum atomic E-state index is 0. The average molecular weight is 511 g/mol. The zero-order chi connectivity index (χ0) is 19.2. The number of aromatic nitrogens is 2. The third kappa shape index (κ3) is 6.23. The first kappa shape index (κ1) is 22.2. The van der Waals surface area contributed by atoms with Crippen LogP contribution in [0.25, 0.3) is 0 Å². The van der Waals surface area contributed by atoms with Crippen molar-refractivity contribution in [2.24, 2.45) is 18.0 Å². The summed E-state index contributed by atoms with van der Waals surface area (Å²) in [5, 5.41) is 7.96. The number of aryl methyl sites for hydroxylation is 1. The summed E-state index contributed by atoms with van der Waals surface area (Å²) in [5.41, 5.74) is 1.34. The van der Waals surface area contributed by atoms with E-state index in [-0.39, 0.29) is 24.0 Å². The fourth-order valence-electron chi connectivity index (χ4n) is 4.48. The maximum absolute atomic E-state index is 5.47. The first-order chi connectivity index (χ1) is 13.8. The number of likely N-dealkylation sites (tertiary alicyclic amines) is 1. The van der Waals surface area contributed by atoms with Crippen LogP contribution >= 0.6 is 24.0 Å². The fourth-order valence-corrected chi connectivity index (χ4v) is 4.48. The van der Waals surface area contributed by atoms with Gasteiger partial charge in [0.2, 0.25) is 0 Å². The van der Waals surface area contributed by atoms with Crippen molar-refractivity contribution in [3.8, 4) is 0 Å². The predicted molar refractivity (Wildman–Crippen MR) is 127 cm³/mol. The van der Waals surface area contributed by atoms with Crippen LogP contribution < -0.4 is 5.32 Å². The summed E-state index contributed by atoms with van der Waals surface area (Å²) in [7, 11) is 1.99.